The first-order chi connectivity index (χ1) is 11.8. The molecule has 0 spiro atoms. The van der Waals surface area contributed by atoms with E-state index in [0.717, 1.165) is 42.7 Å². The second-order valence-corrected chi connectivity index (χ2v) is 8.35. The van der Waals surface area contributed by atoms with Gasteiger partial charge in [-0.15, -0.1) is 0 Å². The predicted octanol–water partition coefficient (Wildman–Crippen LogP) is 3.04. The van der Waals surface area contributed by atoms with E-state index in [2.05, 4.69) is 48.0 Å². The van der Waals surface area contributed by atoms with Crippen molar-refractivity contribution in [3.63, 3.8) is 0 Å². The van der Waals surface area contributed by atoms with Crippen LogP contribution >= 0.6 is 11.5 Å². The van der Waals surface area contributed by atoms with Gasteiger partial charge in [0, 0.05) is 43.1 Å². The fourth-order valence-corrected chi connectivity index (χ4v) is 3.79. The van der Waals surface area contributed by atoms with E-state index in [4.69, 9.17) is 0 Å². The van der Waals surface area contributed by atoms with Crippen LogP contribution in [0.4, 0.5) is 5.13 Å². The summed E-state index contributed by atoms with van der Waals surface area (Å²) in [5.74, 6) is 1.10. The molecule has 1 aromatic heterocycles. The standard InChI is InChI=1S/C19H26N4OS/c1-14-7-5-6-8-15(14)13-16(24)22-9-11-23(12-10-22)18-20-17(21-25-18)19(2,3)4/h5-8H,9-13H2,1-4H3. The van der Waals surface area contributed by atoms with Crippen LogP contribution in [0.15, 0.2) is 24.3 Å². The van der Waals surface area contributed by atoms with Crippen LogP contribution in [0, 0.1) is 6.92 Å². The summed E-state index contributed by atoms with van der Waals surface area (Å²) >= 11 is 1.46. The van der Waals surface area contributed by atoms with Crippen LogP contribution in [0.2, 0.25) is 0 Å². The zero-order valence-electron chi connectivity index (χ0n) is 15.5. The minimum atomic E-state index is -0.0277. The molecule has 0 atom stereocenters. The quantitative estimate of drug-likeness (QED) is 0.846. The van der Waals surface area contributed by atoms with Gasteiger partial charge in [0.2, 0.25) is 11.0 Å². The average Bonchev–Trinajstić information content (AvgIpc) is 3.07. The first-order valence-corrected chi connectivity index (χ1v) is 9.53. The van der Waals surface area contributed by atoms with E-state index in [0.29, 0.717) is 6.42 Å². The molecule has 1 fully saturated rings. The van der Waals surface area contributed by atoms with E-state index >= 15 is 0 Å². The van der Waals surface area contributed by atoms with Crippen molar-refractivity contribution in [3.05, 3.63) is 41.2 Å². The first kappa shape index (κ1) is 17.9. The van der Waals surface area contributed by atoms with E-state index in [1.807, 2.05) is 23.1 Å². The Kier molecular flexibility index (Phi) is 5.08. The average molecular weight is 359 g/mol. The maximum absolute atomic E-state index is 12.6. The number of nitrogens with zero attached hydrogens (tertiary/aromatic N) is 4. The van der Waals surface area contributed by atoms with E-state index < -0.39 is 0 Å². The maximum Gasteiger partial charge on any atom is 0.227 e. The Morgan fingerprint density at radius 1 is 1.16 bits per heavy atom. The third kappa shape index (κ3) is 4.18. The highest BCUT2D eigenvalue weighted by atomic mass is 32.1. The van der Waals surface area contributed by atoms with Crippen molar-refractivity contribution in [3.8, 4) is 0 Å². The lowest BCUT2D eigenvalue weighted by atomic mass is 9.96. The van der Waals surface area contributed by atoms with Gasteiger partial charge >= 0.3 is 0 Å². The molecule has 6 heteroatoms. The van der Waals surface area contributed by atoms with Gasteiger partial charge in [-0.2, -0.15) is 4.37 Å². The third-order valence-corrected chi connectivity index (χ3v) is 5.37. The molecule has 3 rings (SSSR count). The Morgan fingerprint density at radius 3 is 2.44 bits per heavy atom. The van der Waals surface area contributed by atoms with Gasteiger partial charge in [-0.05, 0) is 18.1 Å². The molecule has 0 bridgehead atoms. The Morgan fingerprint density at radius 2 is 1.84 bits per heavy atom. The number of benzene rings is 1. The molecule has 2 aromatic rings. The summed E-state index contributed by atoms with van der Waals surface area (Å²) in [5, 5.41) is 0.968. The van der Waals surface area contributed by atoms with Gasteiger partial charge in [0.05, 0.1) is 6.42 Å². The molecule has 25 heavy (non-hydrogen) atoms. The van der Waals surface area contributed by atoms with Gasteiger partial charge < -0.3 is 9.80 Å². The van der Waals surface area contributed by atoms with Crippen LogP contribution in [-0.2, 0) is 16.6 Å². The van der Waals surface area contributed by atoms with Crippen molar-refractivity contribution < 1.29 is 4.79 Å². The molecule has 1 amide bonds. The van der Waals surface area contributed by atoms with Crippen molar-refractivity contribution in [2.24, 2.45) is 0 Å². The van der Waals surface area contributed by atoms with E-state index in [1.165, 1.54) is 17.1 Å². The predicted molar refractivity (Wildman–Crippen MR) is 102 cm³/mol. The number of carbonyl (C=O) groups excluding carboxylic acids is 1. The molecule has 0 saturated carbocycles. The number of rotatable bonds is 3. The minimum absolute atomic E-state index is 0.0277. The molecular weight excluding hydrogens is 332 g/mol. The summed E-state index contributed by atoms with van der Waals surface area (Å²) in [5.41, 5.74) is 2.27. The zero-order chi connectivity index (χ0) is 18.0. The number of hydrogen-bond acceptors (Lipinski definition) is 5. The molecule has 1 saturated heterocycles. The van der Waals surface area contributed by atoms with Crippen LogP contribution in [-0.4, -0.2) is 46.3 Å². The van der Waals surface area contributed by atoms with Gasteiger partial charge in [-0.3, -0.25) is 4.79 Å². The van der Waals surface area contributed by atoms with Crippen molar-refractivity contribution in [1.82, 2.24) is 14.3 Å². The number of hydrogen-bond donors (Lipinski definition) is 0. The molecule has 134 valence electrons. The van der Waals surface area contributed by atoms with Crippen LogP contribution in [0.5, 0.6) is 0 Å². The molecule has 1 aliphatic rings. The minimum Gasteiger partial charge on any atom is -0.343 e. The van der Waals surface area contributed by atoms with Gasteiger partial charge in [0.25, 0.3) is 0 Å². The number of anilines is 1. The lowest BCUT2D eigenvalue weighted by molar-refractivity contribution is -0.130. The largest absolute Gasteiger partial charge is 0.343 e. The van der Waals surface area contributed by atoms with Crippen molar-refractivity contribution in [1.29, 1.82) is 0 Å². The second-order valence-electron chi connectivity index (χ2n) is 7.62. The smallest absolute Gasteiger partial charge is 0.227 e. The van der Waals surface area contributed by atoms with Gasteiger partial charge in [0.1, 0.15) is 5.82 Å². The molecule has 0 N–H and O–H groups in total. The highest BCUT2D eigenvalue weighted by molar-refractivity contribution is 7.09. The third-order valence-electron chi connectivity index (χ3n) is 4.59. The second kappa shape index (κ2) is 7.12. The SMILES string of the molecule is Cc1ccccc1CC(=O)N1CCN(c2nc(C(C)(C)C)ns2)CC1. The van der Waals surface area contributed by atoms with Crippen molar-refractivity contribution >= 4 is 22.6 Å². The van der Waals surface area contributed by atoms with E-state index in [-0.39, 0.29) is 11.3 Å². The van der Waals surface area contributed by atoms with Gasteiger partial charge in [-0.1, -0.05) is 45.0 Å². The topological polar surface area (TPSA) is 49.3 Å². The summed E-state index contributed by atoms with van der Waals surface area (Å²) in [7, 11) is 0. The highest BCUT2D eigenvalue weighted by Crippen LogP contribution is 2.26. The number of aryl methyl sites for hydroxylation is 1. The lowest BCUT2D eigenvalue weighted by Gasteiger charge is -2.34. The molecule has 2 heterocycles. The van der Waals surface area contributed by atoms with Gasteiger partial charge in [-0.25, -0.2) is 4.98 Å². The molecule has 0 unspecified atom stereocenters. The Balaban J connectivity index is 1.57. The maximum atomic E-state index is 12.6. The molecule has 0 aliphatic carbocycles. The van der Waals surface area contributed by atoms with E-state index in [9.17, 15) is 4.79 Å². The summed E-state index contributed by atoms with van der Waals surface area (Å²) in [6.07, 6.45) is 0.486. The highest BCUT2D eigenvalue weighted by Gasteiger charge is 2.25. The lowest BCUT2D eigenvalue weighted by Crippen LogP contribution is -2.49. The van der Waals surface area contributed by atoms with Crippen LogP contribution in [0.3, 0.4) is 0 Å². The molecule has 0 radical (unpaired) electrons. The Labute approximate surface area is 153 Å². The monoisotopic (exact) mass is 358 g/mol. The fourth-order valence-electron chi connectivity index (χ4n) is 2.88. The van der Waals surface area contributed by atoms with Crippen molar-refractivity contribution in [2.45, 2.75) is 39.5 Å². The van der Waals surface area contributed by atoms with Crippen LogP contribution < -0.4 is 4.90 Å². The number of aromatic nitrogens is 2. The summed E-state index contributed by atoms with van der Waals surface area (Å²) < 4.78 is 4.49. The summed E-state index contributed by atoms with van der Waals surface area (Å²) in [6, 6.07) is 8.10. The molecular formula is C19H26N4OS. The normalized spacial score (nSPS) is 15.5. The fraction of sp³-hybridized carbons (Fsp3) is 0.526. The van der Waals surface area contributed by atoms with E-state index in [1.54, 1.807) is 0 Å². The van der Waals surface area contributed by atoms with Crippen LogP contribution in [0.25, 0.3) is 0 Å². The number of piperazine rings is 1. The zero-order valence-corrected chi connectivity index (χ0v) is 16.3. The first-order valence-electron chi connectivity index (χ1n) is 8.76. The van der Waals surface area contributed by atoms with Crippen LogP contribution in [0.1, 0.15) is 37.7 Å². The molecule has 1 aromatic carbocycles. The number of amides is 1. The van der Waals surface area contributed by atoms with Crippen molar-refractivity contribution in [2.75, 3.05) is 31.1 Å². The van der Waals surface area contributed by atoms with Gasteiger partial charge in [0.15, 0.2) is 0 Å². The molecule has 1 aliphatic heterocycles. The summed E-state index contributed by atoms with van der Waals surface area (Å²) in [4.78, 5) is 21.5. The molecule has 5 nitrogen and oxygen atoms in total. The number of carbonyl (C=O) groups is 1. The Bertz CT molecular complexity index is 742. The Hall–Kier alpha value is -1.95. The summed E-state index contributed by atoms with van der Waals surface area (Å²) in [6.45, 7) is 11.6.